The Bertz CT molecular complexity index is 834. The van der Waals surface area contributed by atoms with E-state index >= 15 is 0 Å². The summed E-state index contributed by atoms with van der Waals surface area (Å²) < 4.78 is 5.11. The fourth-order valence-corrected chi connectivity index (χ4v) is 7.77. The predicted molar refractivity (Wildman–Crippen MR) is 114 cm³/mol. The number of furan rings is 1. The molecule has 3 saturated carbocycles. The number of carbonyl (C=O) groups is 1. The molecule has 0 amide bonds. The van der Waals surface area contributed by atoms with Gasteiger partial charge in [0.15, 0.2) is 5.78 Å². The molecule has 3 fully saturated rings. The Balaban J connectivity index is 1.37. The number of fused-ring (bicyclic) bond motifs is 5. The lowest BCUT2D eigenvalue weighted by atomic mass is 9.47. The first-order valence-electron chi connectivity index (χ1n) is 11.5. The number of hydrogen-bond donors (Lipinski definition) is 1. The molecule has 1 aromatic heterocycles. The smallest absolute Gasteiger partial charge is 0.159 e. The van der Waals surface area contributed by atoms with Gasteiger partial charge in [-0.2, -0.15) is 0 Å². The second-order valence-electron chi connectivity index (χ2n) is 10.6. The van der Waals surface area contributed by atoms with Crippen molar-refractivity contribution < 1.29 is 14.3 Å². The van der Waals surface area contributed by atoms with Crippen molar-refractivity contribution in [2.24, 2.45) is 34.5 Å². The summed E-state index contributed by atoms with van der Waals surface area (Å²) in [5, 5.41) is 10.2. The molecule has 3 heteroatoms. The first-order valence-corrected chi connectivity index (χ1v) is 11.5. The molecule has 1 heterocycles. The number of aliphatic hydroxyl groups excluding tert-OH is 1. The third-order valence-corrected chi connectivity index (χ3v) is 9.40. The van der Waals surface area contributed by atoms with Crippen molar-refractivity contribution in [2.75, 3.05) is 0 Å². The second-order valence-corrected chi connectivity index (χ2v) is 10.6. The van der Waals surface area contributed by atoms with E-state index in [1.165, 1.54) is 24.8 Å². The highest BCUT2D eigenvalue weighted by Gasteiger charge is 2.59. The molecule has 0 spiro atoms. The van der Waals surface area contributed by atoms with Gasteiger partial charge in [0.05, 0.1) is 18.6 Å². The molecule has 156 valence electrons. The van der Waals surface area contributed by atoms with Gasteiger partial charge in [0.2, 0.25) is 0 Å². The van der Waals surface area contributed by atoms with Crippen LogP contribution >= 0.6 is 0 Å². The summed E-state index contributed by atoms with van der Waals surface area (Å²) in [4.78, 5) is 13.1. The number of hydrogen-bond acceptors (Lipinski definition) is 3. The van der Waals surface area contributed by atoms with E-state index in [9.17, 15) is 9.90 Å². The lowest BCUT2D eigenvalue weighted by molar-refractivity contribution is -0.124. The minimum absolute atomic E-state index is 0.134. The van der Waals surface area contributed by atoms with Gasteiger partial charge in [-0.05, 0) is 98.2 Å². The largest absolute Gasteiger partial charge is 0.472 e. The molecule has 4 aliphatic carbocycles. The Hall–Kier alpha value is -1.61. The quantitative estimate of drug-likeness (QED) is 0.520. The van der Waals surface area contributed by atoms with Crippen molar-refractivity contribution in [1.82, 2.24) is 0 Å². The van der Waals surface area contributed by atoms with Gasteiger partial charge < -0.3 is 9.52 Å². The van der Waals surface area contributed by atoms with E-state index in [2.05, 4.69) is 19.9 Å². The van der Waals surface area contributed by atoms with Crippen molar-refractivity contribution in [1.29, 1.82) is 0 Å². The highest BCUT2D eigenvalue weighted by atomic mass is 16.3. The normalized spacial score (nSPS) is 44.1. The SMILES string of the molecule is C[C@]12CCC3C(CC=C4C[C@@H](O)CC[C@@]43C)C1CCC2C(=O)/C=C/c1ccoc1. The lowest BCUT2D eigenvalue weighted by Gasteiger charge is -2.57. The van der Waals surface area contributed by atoms with Crippen LogP contribution < -0.4 is 0 Å². The van der Waals surface area contributed by atoms with E-state index < -0.39 is 0 Å². The molecule has 0 radical (unpaired) electrons. The molecule has 0 saturated heterocycles. The lowest BCUT2D eigenvalue weighted by Crippen LogP contribution is -2.50. The first kappa shape index (κ1) is 19.4. The minimum Gasteiger partial charge on any atom is -0.472 e. The Kier molecular flexibility index (Phi) is 4.66. The highest BCUT2D eigenvalue weighted by Crippen LogP contribution is 2.66. The fraction of sp³-hybridized carbons (Fsp3) is 0.654. The minimum atomic E-state index is -0.143. The number of allylic oxidation sites excluding steroid dienone is 2. The van der Waals surface area contributed by atoms with E-state index in [1.807, 2.05) is 12.1 Å². The van der Waals surface area contributed by atoms with Crippen LogP contribution in [0.1, 0.15) is 70.8 Å². The van der Waals surface area contributed by atoms with Crippen LogP contribution in [0.15, 0.2) is 40.7 Å². The summed E-state index contributed by atoms with van der Waals surface area (Å²) in [5.74, 6) is 2.53. The molecular formula is C26H34O3. The summed E-state index contributed by atoms with van der Waals surface area (Å²) in [6, 6.07) is 1.89. The fourth-order valence-electron chi connectivity index (χ4n) is 7.77. The van der Waals surface area contributed by atoms with Gasteiger partial charge >= 0.3 is 0 Å². The molecule has 0 aliphatic heterocycles. The van der Waals surface area contributed by atoms with Crippen molar-refractivity contribution in [3.63, 3.8) is 0 Å². The van der Waals surface area contributed by atoms with Crippen LogP contribution in [0.5, 0.6) is 0 Å². The Labute approximate surface area is 174 Å². The highest BCUT2D eigenvalue weighted by molar-refractivity contribution is 5.96. The van der Waals surface area contributed by atoms with Crippen LogP contribution in [0.3, 0.4) is 0 Å². The van der Waals surface area contributed by atoms with Crippen LogP contribution in [0.4, 0.5) is 0 Å². The Morgan fingerprint density at radius 3 is 2.83 bits per heavy atom. The van der Waals surface area contributed by atoms with Gasteiger partial charge in [-0.15, -0.1) is 0 Å². The van der Waals surface area contributed by atoms with Crippen molar-refractivity contribution in [2.45, 2.75) is 71.3 Å². The van der Waals surface area contributed by atoms with E-state index in [0.717, 1.165) is 43.6 Å². The number of rotatable bonds is 3. The van der Waals surface area contributed by atoms with E-state index in [-0.39, 0.29) is 22.9 Å². The molecule has 29 heavy (non-hydrogen) atoms. The Morgan fingerprint density at radius 1 is 1.17 bits per heavy atom. The van der Waals surface area contributed by atoms with E-state index in [0.29, 0.717) is 17.6 Å². The van der Waals surface area contributed by atoms with E-state index in [4.69, 9.17) is 4.42 Å². The standard InChI is InChI=1S/C26H34O3/c1-25-12-9-19(27)15-18(25)4-5-20-21-6-7-23(26(21,2)13-10-22(20)25)24(28)8-3-17-11-14-29-16-17/h3-4,8,11,14,16,19-23,27H,5-7,9-10,12-13,15H2,1-2H3/b8-3+/t19-,20?,21?,22?,23?,25-,26-/m0/s1. The molecule has 3 nitrogen and oxygen atoms in total. The van der Waals surface area contributed by atoms with Crippen molar-refractivity contribution >= 4 is 11.9 Å². The third kappa shape index (κ3) is 3.00. The van der Waals surface area contributed by atoms with Crippen molar-refractivity contribution in [3.8, 4) is 0 Å². The topological polar surface area (TPSA) is 50.4 Å². The van der Waals surface area contributed by atoms with Gasteiger partial charge in [0.1, 0.15) is 0 Å². The zero-order chi connectivity index (χ0) is 20.2. The third-order valence-electron chi connectivity index (χ3n) is 9.40. The van der Waals surface area contributed by atoms with Gasteiger partial charge in [-0.1, -0.05) is 25.5 Å². The van der Waals surface area contributed by atoms with Crippen LogP contribution in [0.2, 0.25) is 0 Å². The van der Waals surface area contributed by atoms with Gasteiger partial charge in [0, 0.05) is 11.5 Å². The summed E-state index contributed by atoms with van der Waals surface area (Å²) in [5.41, 5.74) is 2.88. The average molecular weight is 395 g/mol. The van der Waals surface area contributed by atoms with Crippen LogP contribution in [-0.2, 0) is 4.79 Å². The molecule has 5 rings (SSSR count). The maximum atomic E-state index is 13.1. The molecule has 0 bridgehead atoms. The summed E-state index contributed by atoms with van der Waals surface area (Å²) in [7, 11) is 0. The van der Waals surface area contributed by atoms with Gasteiger partial charge in [-0.25, -0.2) is 0 Å². The van der Waals surface area contributed by atoms with Crippen LogP contribution in [0, 0.1) is 34.5 Å². The van der Waals surface area contributed by atoms with Gasteiger partial charge in [-0.3, -0.25) is 4.79 Å². The summed E-state index contributed by atoms with van der Waals surface area (Å²) in [6.45, 7) is 4.87. The molecule has 0 aromatic carbocycles. The molecule has 1 aromatic rings. The molecule has 1 N–H and O–H groups in total. The zero-order valence-corrected chi connectivity index (χ0v) is 17.8. The predicted octanol–water partition coefficient (Wildman–Crippen LogP) is 5.80. The second kappa shape index (κ2) is 6.97. The van der Waals surface area contributed by atoms with Gasteiger partial charge in [0.25, 0.3) is 0 Å². The molecular weight excluding hydrogens is 360 g/mol. The zero-order valence-electron chi connectivity index (χ0n) is 17.8. The first-order chi connectivity index (χ1) is 13.9. The maximum Gasteiger partial charge on any atom is 0.159 e. The monoisotopic (exact) mass is 394 g/mol. The summed E-state index contributed by atoms with van der Waals surface area (Å²) >= 11 is 0. The molecule has 7 atom stereocenters. The number of carbonyl (C=O) groups excluding carboxylic acids is 1. The molecule has 4 unspecified atom stereocenters. The van der Waals surface area contributed by atoms with Crippen LogP contribution in [0.25, 0.3) is 6.08 Å². The van der Waals surface area contributed by atoms with Crippen molar-refractivity contribution in [3.05, 3.63) is 41.9 Å². The van der Waals surface area contributed by atoms with Crippen LogP contribution in [-0.4, -0.2) is 17.0 Å². The Morgan fingerprint density at radius 2 is 2.03 bits per heavy atom. The molecule has 4 aliphatic rings. The number of ketones is 1. The summed E-state index contributed by atoms with van der Waals surface area (Å²) in [6.07, 6.45) is 18.1. The number of aliphatic hydroxyl groups is 1. The van der Waals surface area contributed by atoms with E-state index in [1.54, 1.807) is 18.6 Å². The maximum absolute atomic E-state index is 13.1. The average Bonchev–Trinajstić information content (AvgIpc) is 3.34.